The largest absolute Gasteiger partial charge is 0.374 e. The number of nitrogens with zero attached hydrogens (tertiary/aromatic N) is 4. The molecule has 0 radical (unpaired) electrons. The minimum absolute atomic E-state index is 0.00433. The van der Waals surface area contributed by atoms with Gasteiger partial charge in [-0.15, -0.1) is 5.10 Å². The van der Waals surface area contributed by atoms with E-state index in [1.54, 1.807) is 24.3 Å². The molecule has 7 nitrogen and oxygen atoms in total. The number of aromatic nitrogens is 3. The van der Waals surface area contributed by atoms with Gasteiger partial charge in [-0.25, -0.2) is 4.68 Å². The van der Waals surface area contributed by atoms with Crippen molar-refractivity contribution in [3.8, 4) is 0 Å². The van der Waals surface area contributed by atoms with E-state index in [9.17, 15) is 4.79 Å². The highest BCUT2D eigenvalue weighted by atomic mass is 16.5. The molecule has 1 unspecified atom stereocenters. The highest BCUT2D eigenvalue weighted by molar-refractivity contribution is 5.75. The Hall–Kier alpha value is -1.47. The zero-order valence-electron chi connectivity index (χ0n) is 9.87. The van der Waals surface area contributed by atoms with Crippen molar-refractivity contribution in [2.45, 2.75) is 12.6 Å². The number of hydrogen-bond donors (Lipinski definition) is 1. The van der Waals surface area contributed by atoms with Crippen LogP contribution in [0.3, 0.4) is 0 Å². The Balaban J connectivity index is 1.78. The molecule has 1 aliphatic rings. The number of nitrogens with one attached hydrogen (secondary N) is 1. The van der Waals surface area contributed by atoms with E-state index in [-0.39, 0.29) is 18.6 Å². The fraction of sp³-hybridized carbons (Fsp3) is 0.700. The fourth-order valence-electron chi connectivity index (χ4n) is 1.72. The van der Waals surface area contributed by atoms with Crippen molar-refractivity contribution in [3.63, 3.8) is 0 Å². The standard InChI is InChI=1S/C10H17N5O2/c1-14(7-9-6-11-3-5-17-9)10(16)8-15-4-2-12-13-15/h2,4,9,11H,3,5-8H2,1H3. The van der Waals surface area contributed by atoms with Crippen molar-refractivity contribution in [1.82, 2.24) is 25.2 Å². The molecule has 1 aromatic heterocycles. The summed E-state index contributed by atoms with van der Waals surface area (Å²) in [4.78, 5) is 13.5. The molecule has 17 heavy (non-hydrogen) atoms. The highest BCUT2D eigenvalue weighted by Crippen LogP contribution is 1.99. The lowest BCUT2D eigenvalue weighted by Crippen LogP contribution is -2.46. The van der Waals surface area contributed by atoms with Gasteiger partial charge in [-0.2, -0.15) is 0 Å². The predicted molar refractivity (Wildman–Crippen MR) is 60.3 cm³/mol. The maximum absolute atomic E-state index is 11.8. The van der Waals surface area contributed by atoms with E-state index in [0.717, 1.165) is 13.1 Å². The van der Waals surface area contributed by atoms with Crippen molar-refractivity contribution in [3.05, 3.63) is 12.4 Å². The summed E-state index contributed by atoms with van der Waals surface area (Å²) in [7, 11) is 1.78. The Morgan fingerprint density at radius 1 is 1.71 bits per heavy atom. The van der Waals surface area contributed by atoms with Gasteiger partial charge in [0, 0.05) is 32.9 Å². The van der Waals surface area contributed by atoms with E-state index in [4.69, 9.17) is 4.74 Å². The number of hydrogen-bond acceptors (Lipinski definition) is 5. The van der Waals surface area contributed by atoms with Crippen LogP contribution < -0.4 is 5.32 Å². The molecule has 1 aliphatic heterocycles. The third-order valence-electron chi connectivity index (χ3n) is 2.68. The smallest absolute Gasteiger partial charge is 0.244 e. The molecular weight excluding hydrogens is 222 g/mol. The van der Waals surface area contributed by atoms with Crippen LogP contribution in [0.4, 0.5) is 0 Å². The molecule has 1 saturated heterocycles. The number of carbonyl (C=O) groups excluding carboxylic acids is 1. The van der Waals surface area contributed by atoms with Crippen LogP contribution in [-0.2, 0) is 16.1 Å². The second kappa shape index (κ2) is 5.74. The van der Waals surface area contributed by atoms with Crippen LogP contribution in [0.1, 0.15) is 0 Å². The molecule has 2 rings (SSSR count). The van der Waals surface area contributed by atoms with Crippen LogP contribution in [0.15, 0.2) is 12.4 Å². The first-order chi connectivity index (χ1) is 8.25. The second-order valence-corrected chi connectivity index (χ2v) is 4.07. The van der Waals surface area contributed by atoms with Crippen LogP contribution in [0.2, 0.25) is 0 Å². The maximum Gasteiger partial charge on any atom is 0.244 e. The molecule has 1 fully saturated rings. The first kappa shape index (κ1) is 12.0. The Kier molecular flexibility index (Phi) is 4.05. The predicted octanol–water partition coefficient (Wildman–Crippen LogP) is -1.28. The van der Waals surface area contributed by atoms with E-state index in [1.807, 2.05) is 0 Å². The van der Waals surface area contributed by atoms with Gasteiger partial charge in [0.15, 0.2) is 0 Å². The lowest BCUT2D eigenvalue weighted by Gasteiger charge is -2.28. The van der Waals surface area contributed by atoms with Crippen LogP contribution in [0, 0.1) is 0 Å². The number of likely N-dealkylation sites (N-methyl/N-ethyl adjacent to an activating group) is 1. The average molecular weight is 239 g/mol. The zero-order chi connectivity index (χ0) is 12.1. The van der Waals surface area contributed by atoms with E-state index in [1.165, 1.54) is 4.68 Å². The summed E-state index contributed by atoms with van der Waals surface area (Å²) in [6, 6.07) is 0. The quantitative estimate of drug-likeness (QED) is 0.709. The number of carbonyl (C=O) groups is 1. The molecule has 7 heteroatoms. The topological polar surface area (TPSA) is 72.3 Å². The van der Waals surface area contributed by atoms with Gasteiger partial charge >= 0.3 is 0 Å². The van der Waals surface area contributed by atoms with Gasteiger partial charge in [0.25, 0.3) is 0 Å². The molecule has 1 aromatic rings. The van der Waals surface area contributed by atoms with Gasteiger partial charge in [-0.3, -0.25) is 4.79 Å². The van der Waals surface area contributed by atoms with E-state index in [2.05, 4.69) is 15.6 Å². The third-order valence-corrected chi connectivity index (χ3v) is 2.68. The first-order valence-electron chi connectivity index (χ1n) is 5.66. The minimum atomic E-state index is 0.00433. The summed E-state index contributed by atoms with van der Waals surface area (Å²) in [5.41, 5.74) is 0. The zero-order valence-corrected chi connectivity index (χ0v) is 9.87. The monoisotopic (exact) mass is 239 g/mol. The summed E-state index contributed by atoms with van der Waals surface area (Å²) >= 11 is 0. The first-order valence-corrected chi connectivity index (χ1v) is 5.66. The van der Waals surface area contributed by atoms with Crippen LogP contribution in [0.25, 0.3) is 0 Å². The Labute approximate surface area is 99.7 Å². The molecule has 0 bridgehead atoms. The highest BCUT2D eigenvalue weighted by Gasteiger charge is 2.18. The lowest BCUT2D eigenvalue weighted by molar-refractivity contribution is -0.132. The van der Waals surface area contributed by atoms with Crippen molar-refractivity contribution in [2.75, 3.05) is 33.3 Å². The van der Waals surface area contributed by atoms with Crippen molar-refractivity contribution >= 4 is 5.91 Å². The van der Waals surface area contributed by atoms with Gasteiger partial charge in [0.1, 0.15) is 6.54 Å². The SMILES string of the molecule is CN(CC1CNCCO1)C(=O)Cn1ccnn1. The van der Waals surface area contributed by atoms with E-state index >= 15 is 0 Å². The Morgan fingerprint density at radius 3 is 3.24 bits per heavy atom. The van der Waals surface area contributed by atoms with Crippen molar-refractivity contribution in [1.29, 1.82) is 0 Å². The van der Waals surface area contributed by atoms with Gasteiger partial charge in [-0.1, -0.05) is 5.21 Å². The summed E-state index contributed by atoms with van der Waals surface area (Å²) in [6.45, 7) is 3.20. The molecule has 94 valence electrons. The average Bonchev–Trinajstić information content (AvgIpc) is 2.83. The normalized spacial score (nSPS) is 20.2. The number of amides is 1. The van der Waals surface area contributed by atoms with Gasteiger partial charge < -0.3 is 15.0 Å². The molecule has 1 amide bonds. The summed E-state index contributed by atoms with van der Waals surface area (Å²) < 4.78 is 7.06. The fourth-order valence-corrected chi connectivity index (χ4v) is 1.72. The number of rotatable bonds is 4. The molecule has 0 aromatic carbocycles. The van der Waals surface area contributed by atoms with Gasteiger partial charge in [0.05, 0.1) is 18.9 Å². The van der Waals surface area contributed by atoms with Crippen molar-refractivity contribution < 1.29 is 9.53 Å². The van der Waals surface area contributed by atoms with Crippen LogP contribution >= 0.6 is 0 Å². The molecule has 0 spiro atoms. The van der Waals surface area contributed by atoms with Crippen LogP contribution in [-0.4, -0.2) is 65.2 Å². The summed E-state index contributed by atoms with van der Waals surface area (Å²) in [5, 5.41) is 10.7. The summed E-state index contributed by atoms with van der Waals surface area (Å²) in [5.74, 6) is 0.00433. The molecule has 0 aliphatic carbocycles. The Bertz CT molecular complexity index is 348. The van der Waals surface area contributed by atoms with Gasteiger partial charge in [0.2, 0.25) is 5.91 Å². The van der Waals surface area contributed by atoms with E-state index in [0.29, 0.717) is 13.2 Å². The molecule has 1 atom stereocenters. The minimum Gasteiger partial charge on any atom is -0.374 e. The number of morpholine rings is 1. The molecule has 2 heterocycles. The van der Waals surface area contributed by atoms with Crippen molar-refractivity contribution in [2.24, 2.45) is 0 Å². The van der Waals surface area contributed by atoms with Gasteiger partial charge in [-0.05, 0) is 0 Å². The van der Waals surface area contributed by atoms with Crippen LogP contribution in [0.5, 0.6) is 0 Å². The third kappa shape index (κ3) is 3.50. The Morgan fingerprint density at radius 2 is 2.59 bits per heavy atom. The lowest BCUT2D eigenvalue weighted by atomic mass is 10.3. The molecule has 1 N–H and O–H groups in total. The summed E-state index contributed by atoms with van der Waals surface area (Å²) in [6.07, 6.45) is 3.31. The second-order valence-electron chi connectivity index (χ2n) is 4.07. The molecule has 0 saturated carbocycles. The number of ether oxygens (including phenoxy) is 1. The van der Waals surface area contributed by atoms with E-state index < -0.39 is 0 Å². The maximum atomic E-state index is 11.8. The molecular formula is C10H17N5O2.